The number of carbonyl (C=O) groups excluding carboxylic acids is 1. The molecule has 0 aliphatic heterocycles. The zero-order valence-electron chi connectivity index (χ0n) is 11.8. The minimum atomic E-state index is -0.436. The van der Waals surface area contributed by atoms with Crippen LogP contribution in [-0.4, -0.2) is 43.0 Å². The number of nitrogens with one attached hydrogen (secondary N) is 1. The molecule has 4 nitrogen and oxygen atoms in total. The highest BCUT2D eigenvalue weighted by molar-refractivity contribution is 7.98. The van der Waals surface area contributed by atoms with Gasteiger partial charge in [0.1, 0.15) is 0 Å². The maximum absolute atomic E-state index is 11.8. The van der Waals surface area contributed by atoms with Gasteiger partial charge in [0, 0.05) is 12.2 Å². The summed E-state index contributed by atoms with van der Waals surface area (Å²) in [6, 6.07) is 7.43. The van der Waals surface area contributed by atoms with E-state index < -0.39 is 6.04 Å². The Balaban J connectivity index is 2.50. The van der Waals surface area contributed by atoms with Crippen molar-refractivity contribution in [3.63, 3.8) is 0 Å². The van der Waals surface area contributed by atoms with Gasteiger partial charge >= 0.3 is 0 Å². The number of hydrogen-bond acceptors (Lipinski definition) is 4. The molecule has 0 spiro atoms. The molecule has 0 saturated carbocycles. The molecule has 0 aromatic heterocycles. The van der Waals surface area contributed by atoms with Gasteiger partial charge in [-0.1, -0.05) is 12.1 Å². The van der Waals surface area contributed by atoms with Gasteiger partial charge in [-0.15, -0.1) is 0 Å². The van der Waals surface area contributed by atoms with Gasteiger partial charge in [0.15, 0.2) is 0 Å². The van der Waals surface area contributed by atoms with Crippen LogP contribution in [-0.2, 0) is 11.3 Å². The minimum absolute atomic E-state index is 0.116. The zero-order chi connectivity index (χ0) is 14.3. The van der Waals surface area contributed by atoms with Gasteiger partial charge in [-0.05, 0) is 50.2 Å². The maximum atomic E-state index is 11.8. The number of carbonyl (C=O) groups is 1. The van der Waals surface area contributed by atoms with Gasteiger partial charge in [0.2, 0.25) is 5.91 Å². The summed E-state index contributed by atoms with van der Waals surface area (Å²) in [4.78, 5) is 13.9. The summed E-state index contributed by atoms with van der Waals surface area (Å²) in [5.74, 6) is 0.783. The summed E-state index contributed by atoms with van der Waals surface area (Å²) in [5, 5.41) is 2.84. The van der Waals surface area contributed by atoms with Crippen LogP contribution in [0.4, 0.5) is 5.69 Å². The third-order valence-corrected chi connectivity index (χ3v) is 3.33. The Labute approximate surface area is 119 Å². The normalized spacial score (nSPS) is 12.5. The van der Waals surface area contributed by atoms with E-state index in [9.17, 15) is 4.79 Å². The molecule has 0 bridgehead atoms. The van der Waals surface area contributed by atoms with E-state index in [0.29, 0.717) is 6.42 Å². The zero-order valence-corrected chi connectivity index (χ0v) is 12.7. The lowest BCUT2D eigenvalue weighted by Gasteiger charge is -2.13. The molecular weight excluding hydrogens is 258 g/mol. The van der Waals surface area contributed by atoms with Crippen molar-refractivity contribution in [3.8, 4) is 0 Å². The van der Waals surface area contributed by atoms with E-state index in [2.05, 4.69) is 10.2 Å². The van der Waals surface area contributed by atoms with E-state index in [-0.39, 0.29) is 5.91 Å². The molecule has 106 valence electrons. The minimum Gasteiger partial charge on any atom is -0.325 e. The van der Waals surface area contributed by atoms with Crippen molar-refractivity contribution in [2.24, 2.45) is 5.73 Å². The molecule has 0 aliphatic rings. The number of hydrogen-bond donors (Lipinski definition) is 2. The largest absolute Gasteiger partial charge is 0.325 e. The Hall–Kier alpha value is -1.04. The van der Waals surface area contributed by atoms with Crippen LogP contribution >= 0.6 is 11.8 Å². The Bertz CT molecular complexity index is 392. The second-order valence-electron chi connectivity index (χ2n) is 4.81. The number of thioether (sulfide) groups is 1. The average molecular weight is 281 g/mol. The summed E-state index contributed by atoms with van der Waals surface area (Å²) in [6.07, 6.45) is 2.71. The van der Waals surface area contributed by atoms with Crippen molar-refractivity contribution in [1.82, 2.24) is 4.90 Å². The van der Waals surface area contributed by atoms with Crippen molar-refractivity contribution < 1.29 is 4.79 Å². The first-order valence-corrected chi connectivity index (χ1v) is 7.71. The van der Waals surface area contributed by atoms with Crippen LogP contribution in [0, 0.1) is 0 Å². The van der Waals surface area contributed by atoms with Crippen LogP contribution in [0.1, 0.15) is 12.0 Å². The fourth-order valence-electron chi connectivity index (χ4n) is 1.67. The first-order chi connectivity index (χ1) is 9.02. The SMILES string of the molecule is CSCC[C@H](N)C(=O)Nc1ccc(CN(C)C)cc1. The molecule has 1 aromatic carbocycles. The van der Waals surface area contributed by atoms with Crippen LogP contribution in [0.15, 0.2) is 24.3 Å². The molecule has 0 saturated heterocycles. The van der Waals surface area contributed by atoms with Crippen molar-refractivity contribution in [2.45, 2.75) is 19.0 Å². The molecule has 1 aromatic rings. The van der Waals surface area contributed by atoms with Crippen LogP contribution in [0.25, 0.3) is 0 Å². The quantitative estimate of drug-likeness (QED) is 0.799. The van der Waals surface area contributed by atoms with Crippen LogP contribution in [0.3, 0.4) is 0 Å². The lowest BCUT2D eigenvalue weighted by Crippen LogP contribution is -2.36. The topological polar surface area (TPSA) is 58.4 Å². The molecule has 1 atom stereocenters. The van der Waals surface area contributed by atoms with Gasteiger partial charge in [-0.3, -0.25) is 4.79 Å². The number of nitrogens with two attached hydrogens (primary N) is 1. The van der Waals surface area contributed by atoms with E-state index in [0.717, 1.165) is 18.0 Å². The molecule has 0 radical (unpaired) electrons. The van der Waals surface area contributed by atoms with E-state index in [1.807, 2.05) is 44.6 Å². The van der Waals surface area contributed by atoms with Gasteiger partial charge < -0.3 is 16.0 Å². The molecule has 0 aliphatic carbocycles. The molecule has 3 N–H and O–H groups in total. The maximum Gasteiger partial charge on any atom is 0.241 e. The lowest BCUT2D eigenvalue weighted by molar-refractivity contribution is -0.117. The predicted molar refractivity (Wildman–Crippen MR) is 83.4 cm³/mol. The highest BCUT2D eigenvalue weighted by Crippen LogP contribution is 2.11. The Morgan fingerprint density at radius 2 is 2.00 bits per heavy atom. The molecule has 0 unspecified atom stereocenters. The predicted octanol–water partition coefficient (Wildman–Crippen LogP) is 1.77. The number of nitrogens with zero attached hydrogens (tertiary/aromatic N) is 1. The standard InChI is InChI=1S/C14H23N3OS/c1-17(2)10-11-4-6-12(7-5-11)16-14(18)13(15)8-9-19-3/h4-7,13H,8-10,15H2,1-3H3,(H,16,18)/t13-/m0/s1. The molecule has 0 heterocycles. The van der Waals surface area contributed by atoms with Gasteiger partial charge in [0.25, 0.3) is 0 Å². The molecule has 1 rings (SSSR count). The van der Waals surface area contributed by atoms with Crippen LogP contribution < -0.4 is 11.1 Å². The Morgan fingerprint density at radius 3 is 2.53 bits per heavy atom. The van der Waals surface area contributed by atoms with E-state index in [1.165, 1.54) is 5.56 Å². The van der Waals surface area contributed by atoms with E-state index in [4.69, 9.17) is 5.73 Å². The van der Waals surface area contributed by atoms with Crippen molar-refractivity contribution in [3.05, 3.63) is 29.8 Å². The summed E-state index contributed by atoms with van der Waals surface area (Å²) in [5.41, 5.74) is 7.83. The fraction of sp³-hybridized carbons (Fsp3) is 0.500. The summed E-state index contributed by atoms with van der Waals surface area (Å²) < 4.78 is 0. The Morgan fingerprint density at radius 1 is 1.37 bits per heavy atom. The summed E-state index contributed by atoms with van der Waals surface area (Å²) >= 11 is 1.70. The van der Waals surface area contributed by atoms with E-state index >= 15 is 0 Å². The number of rotatable bonds is 7. The van der Waals surface area contributed by atoms with E-state index in [1.54, 1.807) is 11.8 Å². The highest BCUT2D eigenvalue weighted by atomic mass is 32.2. The summed E-state index contributed by atoms with van der Waals surface area (Å²) in [6.45, 7) is 0.890. The number of anilines is 1. The monoisotopic (exact) mass is 281 g/mol. The summed E-state index contributed by atoms with van der Waals surface area (Å²) in [7, 11) is 4.06. The molecule has 1 amide bonds. The van der Waals surface area contributed by atoms with Crippen molar-refractivity contribution >= 4 is 23.4 Å². The number of amides is 1. The second kappa shape index (κ2) is 8.19. The molecule has 5 heteroatoms. The lowest BCUT2D eigenvalue weighted by atomic mass is 10.2. The third kappa shape index (κ3) is 6.09. The second-order valence-corrected chi connectivity index (χ2v) is 5.80. The fourth-order valence-corrected chi connectivity index (χ4v) is 2.16. The third-order valence-electron chi connectivity index (χ3n) is 2.69. The average Bonchev–Trinajstić information content (AvgIpc) is 2.37. The molecular formula is C14H23N3OS. The van der Waals surface area contributed by atoms with Crippen LogP contribution in [0.2, 0.25) is 0 Å². The highest BCUT2D eigenvalue weighted by Gasteiger charge is 2.12. The number of benzene rings is 1. The molecule has 0 fully saturated rings. The first-order valence-electron chi connectivity index (χ1n) is 6.32. The smallest absolute Gasteiger partial charge is 0.241 e. The van der Waals surface area contributed by atoms with Gasteiger partial charge in [-0.2, -0.15) is 11.8 Å². The molecule has 19 heavy (non-hydrogen) atoms. The van der Waals surface area contributed by atoms with Crippen molar-refractivity contribution in [2.75, 3.05) is 31.4 Å². The first kappa shape index (κ1) is 16.0. The van der Waals surface area contributed by atoms with Gasteiger partial charge in [0.05, 0.1) is 6.04 Å². The van der Waals surface area contributed by atoms with Crippen molar-refractivity contribution in [1.29, 1.82) is 0 Å². The van der Waals surface area contributed by atoms with Gasteiger partial charge in [-0.25, -0.2) is 0 Å². The van der Waals surface area contributed by atoms with Crippen LogP contribution in [0.5, 0.6) is 0 Å². The Kier molecular flexibility index (Phi) is 6.91.